The van der Waals surface area contributed by atoms with E-state index in [2.05, 4.69) is 92.9 Å². The van der Waals surface area contributed by atoms with Crippen LogP contribution in [0.5, 0.6) is 0 Å². The van der Waals surface area contributed by atoms with Crippen LogP contribution in [0.25, 0.3) is 5.69 Å². The van der Waals surface area contributed by atoms with Crippen molar-refractivity contribution in [2.45, 2.75) is 39.3 Å². The van der Waals surface area contributed by atoms with Gasteiger partial charge in [-0.15, -0.1) is 0 Å². The normalized spacial score (nSPS) is 18.9. The maximum absolute atomic E-state index is 5.73. The van der Waals surface area contributed by atoms with Gasteiger partial charge in [-0.25, -0.2) is 0 Å². The largest absolute Gasteiger partial charge is 0.352 e. The molecule has 0 saturated carbocycles. The summed E-state index contributed by atoms with van der Waals surface area (Å²) in [5.41, 5.74) is 5.92. The van der Waals surface area contributed by atoms with Crippen LogP contribution in [0.3, 0.4) is 0 Å². The van der Waals surface area contributed by atoms with Gasteiger partial charge in [-0.3, -0.25) is 4.98 Å². The van der Waals surface area contributed by atoms with Crippen LogP contribution in [0.4, 0.5) is 0 Å². The fourth-order valence-corrected chi connectivity index (χ4v) is 5.04. The Morgan fingerprint density at radius 1 is 1.14 bits per heavy atom. The van der Waals surface area contributed by atoms with Gasteiger partial charge in [0.2, 0.25) is 0 Å². The van der Waals surface area contributed by atoms with E-state index < -0.39 is 0 Å². The lowest BCUT2D eigenvalue weighted by Gasteiger charge is -2.27. The Kier molecular flexibility index (Phi) is 5.74. The highest BCUT2D eigenvalue weighted by Gasteiger charge is 2.40. The minimum Gasteiger partial charge on any atom is -0.352 e. The van der Waals surface area contributed by atoms with Gasteiger partial charge in [0, 0.05) is 34.3 Å². The van der Waals surface area contributed by atoms with Gasteiger partial charge in [0.15, 0.2) is 5.11 Å². The van der Waals surface area contributed by atoms with Gasteiger partial charge in [-0.2, -0.15) is 0 Å². The van der Waals surface area contributed by atoms with Crippen molar-refractivity contribution in [3.05, 3.63) is 81.8 Å². The Labute approximate surface area is 186 Å². The molecular formula is C23H25BrN4S. The van der Waals surface area contributed by atoms with Gasteiger partial charge in [0.05, 0.1) is 17.8 Å². The molecule has 0 radical (unpaired) electrons. The Hall–Kier alpha value is -2.18. The molecule has 4 rings (SSSR count). The van der Waals surface area contributed by atoms with Crippen LogP contribution in [0, 0.1) is 13.8 Å². The summed E-state index contributed by atoms with van der Waals surface area (Å²) in [6, 6.07) is 16.9. The van der Waals surface area contributed by atoms with Crippen LogP contribution in [0.15, 0.2) is 59.2 Å². The highest BCUT2D eigenvalue weighted by molar-refractivity contribution is 9.10. The first-order valence-electron chi connectivity index (χ1n) is 9.94. The summed E-state index contributed by atoms with van der Waals surface area (Å²) in [5, 5.41) is 4.34. The first-order valence-corrected chi connectivity index (χ1v) is 11.1. The molecule has 1 aliphatic rings. The maximum Gasteiger partial charge on any atom is 0.170 e. The van der Waals surface area contributed by atoms with Crippen molar-refractivity contribution in [1.82, 2.24) is 19.8 Å². The summed E-state index contributed by atoms with van der Waals surface area (Å²) in [6.45, 7) is 7.47. The second kappa shape index (κ2) is 8.28. The Bertz CT molecular complexity index is 1030. The summed E-state index contributed by atoms with van der Waals surface area (Å²) in [7, 11) is 0. The lowest BCUT2D eigenvalue weighted by atomic mass is 9.96. The zero-order chi connectivity index (χ0) is 20.5. The van der Waals surface area contributed by atoms with Crippen LogP contribution in [-0.2, 0) is 0 Å². The van der Waals surface area contributed by atoms with Gasteiger partial charge < -0.3 is 14.8 Å². The Morgan fingerprint density at radius 3 is 2.66 bits per heavy atom. The fraction of sp³-hybridized carbons (Fsp3) is 0.304. The first-order chi connectivity index (χ1) is 14.0. The van der Waals surface area contributed by atoms with Crippen molar-refractivity contribution in [3.63, 3.8) is 0 Å². The van der Waals surface area contributed by atoms with Gasteiger partial charge in [0.1, 0.15) is 0 Å². The lowest BCUT2D eigenvalue weighted by molar-refractivity contribution is 0.316. The van der Waals surface area contributed by atoms with Gasteiger partial charge in [-0.1, -0.05) is 35.0 Å². The molecule has 1 aliphatic heterocycles. The molecule has 0 unspecified atom stereocenters. The average molecular weight is 469 g/mol. The van der Waals surface area contributed by atoms with Gasteiger partial charge in [-0.05, 0) is 74.4 Å². The molecule has 3 heterocycles. The van der Waals surface area contributed by atoms with E-state index in [1.807, 2.05) is 18.3 Å². The maximum atomic E-state index is 5.73. The zero-order valence-electron chi connectivity index (χ0n) is 16.9. The highest BCUT2D eigenvalue weighted by atomic mass is 79.9. The number of aryl methyl sites for hydroxylation is 1. The monoisotopic (exact) mass is 468 g/mol. The SMILES string of the molecule is CCCN1C(=S)N[C@H](c2ccccn2)[C@H]1c1cc(C)n(-c2cccc(Br)c2)c1C. The predicted molar refractivity (Wildman–Crippen MR) is 125 cm³/mol. The van der Waals surface area contributed by atoms with E-state index >= 15 is 0 Å². The predicted octanol–water partition coefficient (Wildman–Crippen LogP) is 5.63. The van der Waals surface area contributed by atoms with Crippen molar-refractivity contribution in [2.75, 3.05) is 6.54 Å². The van der Waals surface area contributed by atoms with Crippen molar-refractivity contribution in [2.24, 2.45) is 0 Å². The minimum atomic E-state index is 0.0340. The number of rotatable bonds is 5. The summed E-state index contributed by atoms with van der Waals surface area (Å²) in [4.78, 5) is 6.95. The number of hydrogen-bond acceptors (Lipinski definition) is 2. The van der Waals surface area contributed by atoms with Gasteiger partial charge in [0.25, 0.3) is 0 Å². The van der Waals surface area contributed by atoms with Crippen LogP contribution in [0.1, 0.15) is 48.1 Å². The quantitative estimate of drug-likeness (QED) is 0.491. The summed E-state index contributed by atoms with van der Waals surface area (Å²) >= 11 is 9.33. The van der Waals surface area contributed by atoms with E-state index in [0.717, 1.165) is 33.9 Å². The summed E-state index contributed by atoms with van der Waals surface area (Å²) in [6.07, 6.45) is 2.89. The topological polar surface area (TPSA) is 33.1 Å². The number of pyridine rings is 1. The van der Waals surface area contributed by atoms with E-state index in [1.54, 1.807) is 0 Å². The van der Waals surface area contributed by atoms with E-state index in [4.69, 9.17) is 12.2 Å². The number of thiocarbonyl (C=S) groups is 1. The molecule has 1 fully saturated rings. The minimum absolute atomic E-state index is 0.0340. The fourth-order valence-electron chi connectivity index (χ4n) is 4.33. The number of hydrogen-bond donors (Lipinski definition) is 1. The molecule has 0 bridgehead atoms. The number of nitrogens with zero attached hydrogens (tertiary/aromatic N) is 3. The number of nitrogens with one attached hydrogen (secondary N) is 1. The molecule has 6 heteroatoms. The van der Waals surface area contributed by atoms with Crippen molar-refractivity contribution in [1.29, 1.82) is 0 Å². The Morgan fingerprint density at radius 2 is 1.97 bits per heavy atom. The highest BCUT2D eigenvalue weighted by Crippen LogP contribution is 2.41. The van der Waals surface area contributed by atoms with Crippen LogP contribution in [-0.4, -0.2) is 26.1 Å². The molecule has 2 aromatic heterocycles. The van der Waals surface area contributed by atoms with E-state index in [-0.39, 0.29) is 12.1 Å². The standard InChI is InChI=1S/C23H25BrN4S/c1-4-12-27-22(21(26-23(27)29)20-10-5-6-11-25-20)19-13-15(2)28(16(19)3)18-9-7-8-17(24)14-18/h5-11,13-14,21-22H,4,12H2,1-3H3,(H,26,29)/t21-,22-/m1/s1. The first kappa shape index (κ1) is 20.1. The van der Waals surface area contributed by atoms with Crippen molar-refractivity contribution >= 4 is 33.3 Å². The van der Waals surface area contributed by atoms with E-state index in [0.29, 0.717) is 0 Å². The zero-order valence-corrected chi connectivity index (χ0v) is 19.3. The molecule has 3 aromatic rings. The second-order valence-electron chi connectivity index (χ2n) is 7.46. The molecule has 0 aliphatic carbocycles. The third-order valence-corrected chi connectivity index (χ3v) is 6.36. The third kappa shape index (κ3) is 3.71. The van der Waals surface area contributed by atoms with Crippen LogP contribution < -0.4 is 5.32 Å². The van der Waals surface area contributed by atoms with Crippen molar-refractivity contribution < 1.29 is 0 Å². The Balaban J connectivity index is 1.84. The molecule has 1 aromatic carbocycles. The van der Waals surface area contributed by atoms with E-state index in [1.165, 1.54) is 17.0 Å². The van der Waals surface area contributed by atoms with Crippen molar-refractivity contribution in [3.8, 4) is 5.69 Å². The summed E-state index contributed by atoms with van der Waals surface area (Å²) in [5.74, 6) is 0. The number of benzene rings is 1. The van der Waals surface area contributed by atoms with Crippen LogP contribution >= 0.6 is 28.1 Å². The summed E-state index contributed by atoms with van der Waals surface area (Å²) < 4.78 is 3.40. The van der Waals surface area contributed by atoms with E-state index in [9.17, 15) is 0 Å². The smallest absolute Gasteiger partial charge is 0.170 e. The molecule has 0 spiro atoms. The molecule has 4 nitrogen and oxygen atoms in total. The molecule has 150 valence electrons. The molecule has 29 heavy (non-hydrogen) atoms. The molecule has 0 amide bonds. The third-order valence-electron chi connectivity index (χ3n) is 5.52. The number of aromatic nitrogens is 2. The number of halogens is 1. The molecular weight excluding hydrogens is 444 g/mol. The average Bonchev–Trinajstić information content (AvgIpc) is 3.18. The molecule has 1 N–H and O–H groups in total. The second-order valence-corrected chi connectivity index (χ2v) is 8.76. The van der Waals surface area contributed by atoms with Crippen LogP contribution in [0.2, 0.25) is 0 Å². The molecule has 1 saturated heterocycles. The molecule has 2 atom stereocenters. The van der Waals surface area contributed by atoms with Gasteiger partial charge >= 0.3 is 0 Å². The lowest BCUT2D eigenvalue weighted by Crippen LogP contribution is -2.30.